The van der Waals surface area contributed by atoms with Crippen molar-refractivity contribution in [3.05, 3.63) is 47.4 Å². The number of hydrogen-bond acceptors (Lipinski definition) is 7. The van der Waals surface area contributed by atoms with Gasteiger partial charge in [0, 0.05) is 17.5 Å². The van der Waals surface area contributed by atoms with Crippen LogP contribution in [0.15, 0.2) is 30.3 Å². The summed E-state index contributed by atoms with van der Waals surface area (Å²) in [6.45, 7) is 10.1. The second kappa shape index (κ2) is 13.4. The molecule has 12 heteroatoms. The second-order valence-corrected chi connectivity index (χ2v) is 11.6. The summed E-state index contributed by atoms with van der Waals surface area (Å²) in [6.07, 6.45) is 3.06. The molecule has 1 aromatic heterocycles. The minimum absolute atomic E-state index is 0.108. The van der Waals surface area contributed by atoms with Crippen LogP contribution < -0.4 is 16.1 Å². The maximum atomic E-state index is 15.3. The molecule has 1 unspecified atom stereocenters. The predicted molar refractivity (Wildman–Crippen MR) is 155 cm³/mol. The van der Waals surface area contributed by atoms with Crippen LogP contribution in [0.25, 0.3) is 17.0 Å². The van der Waals surface area contributed by atoms with Gasteiger partial charge in [-0.3, -0.25) is 24.2 Å². The van der Waals surface area contributed by atoms with Crippen LogP contribution in [0.5, 0.6) is 0 Å². The van der Waals surface area contributed by atoms with E-state index in [1.165, 1.54) is 24.1 Å². The topological polar surface area (TPSA) is 161 Å². The molecule has 0 aliphatic carbocycles. The number of fused-ring (bicyclic) bond motifs is 1. The normalized spacial score (nSPS) is 18.1. The number of aliphatic hydroxyl groups excluding tert-OH is 1. The molecule has 0 saturated carbocycles. The lowest BCUT2D eigenvalue weighted by molar-refractivity contribution is -0.148. The van der Waals surface area contributed by atoms with Crippen molar-refractivity contribution in [3.8, 4) is 0 Å². The van der Waals surface area contributed by atoms with Crippen molar-refractivity contribution >= 4 is 40.7 Å². The van der Waals surface area contributed by atoms with Gasteiger partial charge in [0.05, 0.1) is 17.2 Å². The number of aromatic nitrogens is 1. The van der Waals surface area contributed by atoms with Gasteiger partial charge in [-0.1, -0.05) is 44.2 Å². The molecule has 2 heterocycles. The lowest BCUT2D eigenvalue weighted by Crippen LogP contribution is -2.61. The number of aliphatic carboxylic acids is 1. The number of carbonyl (C=O) groups excluding carboxylic acids is 3. The van der Waals surface area contributed by atoms with Crippen molar-refractivity contribution in [1.82, 2.24) is 26.1 Å². The van der Waals surface area contributed by atoms with E-state index in [9.17, 15) is 29.4 Å². The monoisotopic (exact) mass is 585 g/mol. The van der Waals surface area contributed by atoms with Crippen LogP contribution in [0.2, 0.25) is 0 Å². The molecule has 11 nitrogen and oxygen atoms in total. The molecule has 0 spiro atoms. The highest BCUT2D eigenvalue weighted by atomic mass is 19.1. The summed E-state index contributed by atoms with van der Waals surface area (Å²) in [5.74, 6) is -3.51. The van der Waals surface area contributed by atoms with E-state index in [1.54, 1.807) is 58.9 Å². The number of hydrogen-bond donors (Lipinski definition) is 5. The van der Waals surface area contributed by atoms with Crippen molar-refractivity contribution in [1.29, 1.82) is 0 Å². The lowest BCUT2D eigenvalue weighted by Gasteiger charge is -2.34. The molecule has 3 amide bonds. The van der Waals surface area contributed by atoms with Crippen LogP contribution in [0.4, 0.5) is 4.39 Å². The molecule has 5 N–H and O–H groups in total. The molecule has 1 aliphatic rings. The van der Waals surface area contributed by atoms with Crippen LogP contribution in [-0.4, -0.2) is 68.6 Å². The Labute approximate surface area is 244 Å². The largest absolute Gasteiger partial charge is 0.480 e. The van der Waals surface area contributed by atoms with Crippen LogP contribution in [0, 0.1) is 17.2 Å². The molecule has 1 aliphatic heterocycles. The van der Waals surface area contributed by atoms with E-state index >= 15 is 4.39 Å². The van der Waals surface area contributed by atoms with Crippen molar-refractivity contribution in [2.24, 2.45) is 11.3 Å². The Morgan fingerprint density at radius 1 is 1.12 bits per heavy atom. The smallest absolute Gasteiger partial charge is 0.322 e. The van der Waals surface area contributed by atoms with Gasteiger partial charge in [0.2, 0.25) is 11.8 Å². The molecule has 4 atom stereocenters. The van der Waals surface area contributed by atoms with E-state index in [1.807, 2.05) is 0 Å². The zero-order chi connectivity index (χ0) is 31.4. The average molecular weight is 586 g/mol. The van der Waals surface area contributed by atoms with Gasteiger partial charge in [0.15, 0.2) is 5.82 Å². The number of hydrazine groups is 1. The van der Waals surface area contributed by atoms with Gasteiger partial charge in [-0.25, -0.2) is 14.8 Å². The van der Waals surface area contributed by atoms with Crippen LogP contribution in [0.1, 0.15) is 71.7 Å². The highest BCUT2D eigenvalue weighted by molar-refractivity contribution is 5.94. The molecule has 42 heavy (non-hydrogen) atoms. The van der Waals surface area contributed by atoms with Gasteiger partial charge in [-0.2, -0.15) is 0 Å². The van der Waals surface area contributed by atoms with E-state index in [0.717, 1.165) is 0 Å². The molecule has 2 aromatic rings. The number of benzene rings is 1. The molecule has 0 radical (unpaired) electrons. The van der Waals surface area contributed by atoms with E-state index < -0.39 is 59.2 Å². The first-order valence-corrected chi connectivity index (χ1v) is 14.0. The van der Waals surface area contributed by atoms with E-state index in [4.69, 9.17) is 0 Å². The summed E-state index contributed by atoms with van der Waals surface area (Å²) in [7, 11) is 0. The third-order valence-corrected chi connectivity index (χ3v) is 7.26. The zero-order valence-electron chi connectivity index (χ0n) is 24.8. The first-order valence-electron chi connectivity index (χ1n) is 14.0. The fourth-order valence-electron chi connectivity index (χ4n) is 4.50. The minimum atomic E-state index is -1.14. The van der Waals surface area contributed by atoms with Crippen molar-refractivity contribution < 1.29 is 33.8 Å². The third-order valence-electron chi connectivity index (χ3n) is 7.26. The number of rotatable bonds is 10. The summed E-state index contributed by atoms with van der Waals surface area (Å²) in [5, 5.41) is 26.2. The molecule has 1 fully saturated rings. The molecule has 0 bridgehead atoms. The van der Waals surface area contributed by atoms with Crippen LogP contribution in [-0.2, 0) is 19.2 Å². The number of nitrogens with one attached hydrogen (secondary N) is 3. The predicted octanol–water partition coefficient (Wildman–Crippen LogP) is 2.69. The zero-order valence-corrected chi connectivity index (χ0v) is 24.8. The van der Waals surface area contributed by atoms with Crippen molar-refractivity contribution in [3.63, 3.8) is 0 Å². The molecule has 1 aromatic carbocycles. The standard InChI is InChI=1S/C30H40FN5O6/c1-16(2)24(26(38)32-17(3)27(39)36-15-7-8-22(35-36)28(40)41)34-29(42)30(5,6)14-13-19-9-10-20-11-12-21(18(4)37)33-25(20)23(19)31/h9-14,16-18,22,24,35,37H,7-8,15H2,1-6H3,(H,32,38)(H,34,42)(H,40,41)/b14-13+/t17?,18-,22+,24+/m1/s1. The number of aliphatic hydroxyl groups is 1. The quantitative estimate of drug-likeness (QED) is 0.284. The number of carboxylic acid groups (broad SMARTS) is 1. The maximum absolute atomic E-state index is 15.3. The Kier molecular flexibility index (Phi) is 10.4. The highest BCUT2D eigenvalue weighted by Crippen LogP contribution is 2.25. The number of carbonyl (C=O) groups is 4. The van der Waals surface area contributed by atoms with Gasteiger partial charge in [-0.05, 0) is 52.5 Å². The maximum Gasteiger partial charge on any atom is 0.322 e. The number of nitrogens with zero attached hydrogens (tertiary/aromatic N) is 2. The van der Waals surface area contributed by atoms with Crippen LogP contribution in [0.3, 0.4) is 0 Å². The Balaban J connectivity index is 1.69. The average Bonchev–Trinajstić information content (AvgIpc) is 2.94. The number of amides is 3. The van der Waals surface area contributed by atoms with E-state index in [-0.39, 0.29) is 17.0 Å². The molecule has 1 saturated heterocycles. The van der Waals surface area contributed by atoms with Crippen molar-refractivity contribution in [2.75, 3.05) is 6.54 Å². The number of carboxylic acids is 1. The summed E-state index contributed by atoms with van der Waals surface area (Å²) in [5.41, 5.74) is 2.19. The highest BCUT2D eigenvalue weighted by Gasteiger charge is 2.34. The fraction of sp³-hybridized carbons (Fsp3) is 0.500. The van der Waals surface area contributed by atoms with Gasteiger partial charge in [-0.15, -0.1) is 0 Å². The second-order valence-electron chi connectivity index (χ2n) is 11.6. The number of pyridine rings is 1. The molecule has 228 valence electrons. The summed E-state index contributed by atoms with van der Waals surface area (Å²) < 4.78 is 15.3. The summed E-state index contributed by atoms with van der Waals surface area (Å²) >= 11 is 0. The Morgan fingerprint density at radius 2 is 1.79 bits per heavy atom. The summed E-state index contributed by atoms with van der Waals surface area (Å²) in [4.78, 5) is 54.8. The van der Waals surface area contributed by atoms with Crippen LogP contribution >= 0.6 is 0 Å². The minimum Gasteiger partial charge on any atom is -0.480 e. The SMILES string of the molecule is CC(NC(=O)[C@@H](NC(=O)C(C)(C)/C=C/c1ccc2ccc([C@@H](C)O)nc2c1F)C(C)C)C(=O)N1CCC[C@@H](C(=O)O)N1. The van der Waals surface area contributed by atoms with Gasteiger partial charge >= 0.3 is 5.97 Å². The van der Waals surface area contributed by atoms with Gasteiger partial charge < -0.3 is 20.8 Å². The third kappa shape index (κ3) is 7.68. The van der Waals surface area contributed by atoms with Gasteiger partial charge in [0.1, 0.15) is 23.6 Å². The van der Waals surface area contributed by atoms with E-state index in [2.05, 4.69) is 21.0 Å². The number of halogens is 1. The van der Waals surface area contributed by atoms with Gasteiger partial charge in [0.25, 0.3) is 5.91 Å². The Hall–Kier alpha value is -3.90. The van der Waals surface area contributed by atoms with Crippen molar-refractivity contribution in [2.45, 2.75) is 78.6 Å². The van der Waals surface area contributed by atoms with E-state index in [0.29, 0.717) is 30.5 Å². The fourth-order valence-corrected chi connectivity index (χ4v) is 4.50. The Bertz CT molecular complexity index is 1380. The summed E-state index contributed by atoms with van der Waals surface area (Å²) in [6, 6.07) is 3.76. The molecular weight excluding hydrogens is 545 g/mol. The Morgan fingerprint density at radius 3 is 2.40 bits per heavy atom. The first-order chi connectivity index (χ1) is 19.6. The molecule has 3 rings (SSSR count). The molecular formula is C30H40FN5O6. The first kappa shape index (κ1) is 32.6. The lowest BCUT2D eigenvalue weighted by atomic mass is 9.89.